The minimum Gasteiger partial charge on any atom is -0.441 e. The third kappa shape index (κ3) is 3.08. The monoisotopic (exact) mass is 356 g/mol. The largest absolute Gasteiger partial charge is 0.441 e. The van der Waals surface area contributed by atoms with Crippen LogP contribution in [0, 0.1) is 13.8 Å². The van der Waals surface area contributed by atoms with Crippen molar-refractivity contribution in [1.82, 2.24) is 9.88 Å². The SMILES string of the molecule is CO[C@@]12CC[C@H](O)C[C@@H]1N(Cc1nc(-c3cccc(C)c3)oc1C)CC2. The lowest BCUT2D eigenvalue weighted by Crippen LogP contribution is -2.51. The van der Waals surface area contributed by atoms with Gasteiger partial charge in [-0.15, -0.1) is 0 Å². The molecule has 2 aromatic rings. The number of methoxy groups -OCH3 is 1. The molecule has 5 heteroatoms. The third-order valence-electron chi connectivity index (χ3n) is 6.18. The van der Waals surface area contributed by atoms with Crippen LogP contribution >= 0.6 is 0 Å². The molecule has 1 aromatic carbocycles. The summed E-state index contributed by atoms with van der Waals surface area (Å²) in [5.74, 6) is 1.55. The second-order valence-corrected chi connectivity index (χ2v) is 7.82. The van der Waals surface area contributed by atoms with Gasteiger partial charge in [-0.25, -0.2) is 4.98 Å². The lowest BCUT2D eigenvalue weighted by atomic mass is 9.79. The van der Waals surface area contributed by atoms with Crippen molar-refractivity contribution in [2.75, 3.05) is 13.7 Å². The van der Waals surface area contributed by atoms with Gasteiger partial charge in [-0.3, -0.25) is 4.90 Å². The molecule has 1 N–H and O–H groups in total. The highest BCUT2D eigenvalue weighted by Gasteiger charge is 2.50. The highest BCUT2D eigenvalue weighted by Crippen LogP contribution is 2.43. The number of benzene rings is 1. The van der Waals surface area contributed by atoms with Gasteiger partial charge in [0.25, 0.3) is 0 Å². The van der Waals surface area contributed by atoms with Crippen molar-refractivity contribution in [2.45, 2.75) is 63.8 Å². The normalized spacial score (nSPS) is 29.1. The molecule has 0 radical (unpaired) electrons. The van der Waals surface area contributed by atoms with Gasteiger partial charge in [-0.05, 0) is 51.7 Å². The van der Waals surface area contributed by atoms with Crippen molar-refractivity contribution in [2.24, 2.45) is 0 Å². The fourth-order valence-electron chi connectivity index (χ4n) is 4.63. The number of aromatic nitrogens is 1. The smallest absolute Gasteiger partial charge is 0.226 e. The van der Waals surface area contributed by atoms with Crippen LogP contribution in [0.2, 0.25) is 0 Å². The fourth-order valence-corrected chi connectivity index (χ4v) is 4.63. The Morgan fingerprint density at radius 3 is 2.96 bits per heavy atom. The molecule has 1 aliphatic heterocycles. The standard InChI is InChI=1S/C21H28N2O3/c1-14-5-4-6-16(11-14)20-22-18(15(2)26-20)13-23-10-9-21(25-3)8-7-17(24)12-19(21)23/h4-6,11,17,19,24H,7-10,12-13H2,1-3H3/t17-,19-,21+/m0/s1. The molecule has 0 bridgehead atoms. The summed E-state index contributed by atoms with van der Waals surface area (Å²) in [5.41, 5.74) is 3.07. The number of hydrogen-bond acceptors (Lipinski definition) is 5. The maximum atomic E-state index is 10.2. The van der Waals surface area contributed by atoms with Gasteiger partial charge in [0, 0.05) is 31.8 Å². The second-order valence-electron chi connectivity index (χ2n) is 7.82. The first kappa shape index (κ1) is 17.7. The van der Waals surface area contributed by atoms with E-state index in [1.54, 1.807) is 0 Å². The molecule has 2 heterocycles. The van der Waals surface area contributed by atoms with E-state index in [2.05, 4.69) is 24.0 Å². The quantitative estimate of drug-likeness (QED) is 0.909. The Morgan fingerprint density at radius 1 is 1.35 bits per heavy atom. The zero-order valence-corrected chi connectivity index (χ0v) is 15.9. The first-order chi connectivity index (χ1) is 12.5. The molecular formula is C21H28N2O3. The summed E-state index contributed by atoms with van der Waals surface area (Å²) in [6.07, 6.45) is 3.32. The number of fused-ring (bicyclic) bond motifs is 1. The van der Waals surface area contributed by atoms with Gasteiger partial charge < -0.3 is 14.3 Å². The van der Waals surface area contributed by atoms with E-state index in [4.69, 9.17) is 14.1 Å². The Balaban J connectivity index is 1.56. The molecule has 0 amide bonds. The van der Waals surface area contributed by atoms with E-state index in [0.717, 1.165) is 55.8 Å². The first-order valence-electron chi connectivity index (χ1n) is 9.51. The molecule has 2 fully saturated rings. The molecule has 5 nitrogen and oxygen atoms in total. The number of aliphatic hydroxyl groups is 1. The lowest BCUT2D eigenvalue weighted by molar-refractivity contribution is -0.0880. The van der Waals surface area contributed by atoms with Crippen molar-refractivity contribution in [1.29, 1.82) is 0 Å². The molecule has 0 unspecified atom stereocenters. The van der Waals surface area contributed by atoms with Crippen molar-refractivity contribution < 1.29 is 14.3 Å². The van der Waals surface area contributed by atoms with E-state index >= 15 is 0 Å². The number of ether oxygens (including phenoxy) is 1. The van der Waals surface area contributed by atoms with Crippen LogP contribution < -0.4 is 0 Å². The van der Waals surface area contributed by atoms with Crippen LogP contribution in [0.3, 0.4) is 0 Å². The van der Waals surface area contributed by atoms with Gasteiger partial charge in [-0.2, -0.15) is 0 Å². The molecule has 1 aromatic heterocycles. The number of likely N-dealkylation sites (tertiary alicyclic amines) is 1. The lowest BCUT2D eigenvalue weighted by Gasteiger charge is -2.42. The number of aliphatic hydroxyl groups excluding tert-OH is 1. The van der Waals surface area contributed by atoms with Gasteiger partial charge >= 0.3 is 0 Å². The Bertz CT molecular complexity index is 787. The zero-order valence-electron chi connectivity index (χ0n) is 15.9. The van der Waals surface area contributed by atoms with Gasteiger partial charge in [0.15, 0.2) is 0 Å². The van der Waals surface area contributed by atoms with Crippen molar-refractivity contribution in [3.05, 3.63) is 41.3 Å². The molecule has 140 valence electrons. The van der Waals surface area contributed by atoms with Gasteiger partial charge in [0.1, 0.15) is 5.76 Å². The van der Waals surface area contributed by atoms with Crippen LogP contribution in [-0.4, -0.2) is 46.4 Å². The summed E-state index contributed by atoms with van der Waals surface area (Å²) < 4.78 is 11.9. The number of rotatable bonds is 4. The number of nitrogens with zero attached hydrogens (tertiary/aromatic N) is 2. The number of oxazole rings is 1. The van der Waals surface area contributed by atoms with Crippen molar-refractivity contribution in [3.63, 3.8) is 0 Å². The van der Waals surface area contributed by atoms with E-state index in [1.165, 1.54) is 5.56 Å². The maximum Gasteiger partial charge on any atom is 0.226 e. The van der Waals surface area contributed by atoms with E-state index in [-0.39, 0.29) is 17.7 Å². The fraction of sp³-hybridized carbons (Fsp3) is 0.571. The minimum absolute atomic E-state index is 0.115. The molecule has 2 aliphatic rings. The van der Waals surface area contributed by atoms with Crippen molar-refractivity contribution >= 4 is 0 Å². The summed E-state index contributed by atoms with van der Waals surface area (Å²) in [6, 6.07) is 8.47. The predicted octanol–water partition coefficient (Wildman–Crippen LogP) is 3.46. The highest BCUT2D eigenvalue weighted by atomic mass is 16.5. The molecule has 0 spiro atoms. The molecule has 1 saturated heterocycles. The molecule has 1 aliphatic carbocycles. The Kier molecular flexibility index (Phi) is 4.63. The molecular weight excluding hydrogens is 328 g/mol. The zero-order chi connectivity index (χ0) is 18.3. The van der Waals surface area contributed by atoms with Crippen LogP contribution in [0.4, 0.5) is 0 Å². The third-order valence-corrected chi connectivity index (χ3v) is 6.18. The van der Waals surface area contributed by atoms with E-state index in [1.807, 2.05) is 26.2 Å². The topological polar surface area (TPSA) is 58.7 Å². The van der Waals surface area contributed by atoms with E-state index in [9.17, 15) is 5.11 Å². The minimum atomic E-state index is -0.231. The van der Waals surface area contributed by atoms with Crippen LogP contribution in [0.25, 0.3) is 11.5 Å². The summed E-state index contributed by atoms with van der Waals surface area (Å²) in [6.45, 7) is 5.76. The van der Waals surface area contributed by atoms with Crippen molar-refractivity contribution in [3.8, 4) is 11.5 Å². The molecule has 4 rings (SSSR count). The summed E-state index contributed by atoms with van der Waals surface area (Å²) >= 11 is 0. The van der Waals surface area contributed by atoms with Gasteiger partial charge in [-0.1, -0.05) is 17.7 Å². The molecule has 1 saturated carbocycles. The van der Waals surface area contributed by atoms with E-state index in [0.29, 0.717) is 5.89 Å². The van der Waals surface area contributed by atoms with Crippen LogP contribution in [0.1, 0.15) is 42.7 Å². The maximum absolute atomic E-state index is 10.2. The van der Waals surface area contributed by atoms with Crippen LogP contribution in [-0.2, 0) is 11.3 Å². The Labute approximate surface area is 155 Å². The Hall–Kier alpha value is -1.69. The summed E-state index contributed by atoms with van der Waals surface area (Å²) in [7, 11) is 1.81. The van der Waals surface area contributed by atoms with Gasteiger partial charge in [0.2, 0.25) is 5.89 Å². The summed E-state index contributed by atoms with van der Waals surface area (Å²) in [5, 5.41) is 10.2. The number of hydrogen-bond donors (Lipinski definition) is 1. The van der Waals surface area contributed by atoms with E-state index < -0.39 is 0 Å². The highest BCUT2D eigenvalue weighted by molar-refractivity contribution is 5.54. The first-order valence-corrected chi connectivity index (χ1v) is 9.51. The predicted molar refractivity (Wildman–Crippen MR) is 99.8 cm³/mol. The Morgan fingerprint density at radius 2 is 2.19 bits per heavy atom. The average Bonchev–Trinajstić information content (AvgIpc) is 3.17. The van der Waals surface area contributed by atoms with Crippen LogP contribution in [0.5, 0.6) is 0 Å². The molecule has 3 atom stereocenters. The van der Waals surface area contributed by atoms with Gasteiger partial charge in [0.05, 0.1) is 17.4 Å². The number of aryl methyl sites for hydroxylation is 2. The second kappa shape index (κ2) is 6.80. The molecule has 26 heavy (non-hydrogen) atoms. The average molecular weight is 356 g/mol. The van der Waals surface area contributed by atoms with Crippen LogP contribution in [0.15, 0.2) is 28.7 Å². The summed E-state index contributed by atoms with van der Waals surface area (Å²) in [4.78, 5) is 7.19.